The number of nitrogens with zero attached hydrogens (tertiary/aromatic N) is 1. The number of carbonyl (C=O) groups is 3. The summed E-state index contributed by atoms with van der Waals surface area (Å²) in [6.45, 7) is 6.60. The quantitative estimate of drug-likeness (QED) is 0.420. The van der Waals surface area contributed by atoms with E-state index in [-0.39, 0.29) is 36.5 Å². The minimum Gasteiger partial charge on any atom is -0.467 e. The highest BCUT2D eigenvalue weighted by molar-refractivity contribution is 5.87. The number of carbonyl (C=O) groups excluding carboxylic acids is 3. The summed E-state index contributed by atoms with van der Waals surface area (Å²) in [5.74, 6) is -1.48. The standard InChI is InChI=1S/C25H37NO9/c1-14-7-8-17-15(2)22(32-23-25(17)16(14)11-12-24(3,33-23)34-35-25)31-20(28)10-9-19(27)26-13-5-6-18(26)21(29)30-4/h14-18,22-23H,5-13H2,1-4H3/t14-,15-,16+,17+,18+,22-,23-,24+,25-/m1/s1. The van der Waals surface area contributed by atoms with E-state index in [1.165, 1.54) is 12.0 Å². The summed E-state index contributed by atoms with van der Waals surface area (Å²) < 4.78 is 23.1. The monoisotopic (exact) mass is 495 g/mol. The van der Waals surface area contributed by atoms with Gasteiger partial charge in [-0.15, -0.1) is 0 Å². The van der Waals surface area contributed by atoms with Crippen molar-refractivity contribution >= 4 is 17.8 Å². The fourth-order valence-electron chi connectivity index (χ4n) is 6.99. The van der Waals surface area contributed by atoms with Crippen molar-refractivity contribution in [3.63, 3.8) is 0 Å². The average molecular weight is 496 g/mol. The first-order chi connectivity index (χ1) is 16.7. The van der Waals surface area contributed by atoms with Crippen molar-refractivity contribution in [1.82, 2.24) is 4.90 Å². The zero-order chi connectivity index (χ0) is 25.0. The van der Waals surface area contributed by atoms with E-state index in [0.717, 1.165) is 25.7 Å². The molecule has 6 aliphatic rings. The SMILES string of the molecule is COC(=O)[C@@H]1CCCN1C(=O)CCC(=O)O[C@@H]1O[C@@H]2O[C@]3(C)CC[C@H]4[C@H](C)CC[C@@H]([C@H]1C)[C@@]24OO3. The molecule has 5 saturated heterocycles. The number of methoxy groups -OCH3 is 1. The van der Waals surface area contributed by atoms with E-state index in [1.54, 1.807) is 0 Å². The third-order valence-electron chi connectivity index (χ3n) is 8.93. The van der Waals surface area contributed by atoms with E-state index in [0.29, 0.717) is 25.3 Å². The lowest BCUT2D eigenvalue weighted by molar-refractivity contribution is -0.576. The molecule has 0 radical (unpaired) electrons. The summed E-state index contributed by atoms with van der Waals surface area (Å²) in [6, 6.07) is -0.575. The molecule has 0 aromatic heterocycles. The first kappa shape index (κ1) is 24.9. The fourth-order valence-corrected chi connectivity index (χ4v) is 6.99. The van der Waals surface area contributed by atoms with E-state index in [1.807, 2.05) is 13.8 Å². The van der Waals surface area contributed by atoms with Gasteiger partial charge >= 0.3 is 11.9 Å². The van der Waals surface area contributed by atoms with Gasteiger partial charge in [0.05, 0.1) is 13.5 Å². The van der Waals surface area contributed by atoms with Crippen LogP contribution in [0.3, 0.4) is 0 Å². The molecule has 6 rings (SSSR count). The zero-order valence-corrected chi connectivity index (χ0v) is 21.0. The van der Waals surface area contributed by atoms with Crippen LogP contribution in [0.25, 0.3) is 0 Å². The molecule has 35 heavy (non-hydrogen) atoms. The molecular weight excluding hydrogens is 458 g/mol. The third-order valence-corrected chi connectivity index (χ3v) is 8.93. The van der Waals surface area contributed by atoms with Crippen molar-refractivity contribution in [3.05, 3.63) is 0 Å². The van der Waals surface area contributed by atoms with Crippen LogP contribution in [0.2, 0.25) is 0 Å². The minimum atomic E-state index is -0.898. The van der Waals surface area contributed by atoms with Crippen molar-refractivity contribution in [2.45, 2.75) is 102 Å². The number of likely N-dealkylation sites (tertiary alicyclic amines) is 1. The summed E-state index contributed by atoms with van der Waals surface area (Å²) in [7, 11) is 1.31. The number of hydrogen-bond donors (Lipinski definition) is 0. The lowest BCUT2D eigenvalue weighted by Gasteiger charge is -2.59. The second-order valence-electron chi connectivity index (χ2n) is 11.0. The predicted octanol–water partition coefficient (Wildman–Crippen LogP) is 2.68. The van der Waals surface area contributed by atoms with Gasteiger partial charge in [-0.25, -0.2) is 14.6 Å². The number of ether oxygens (including phenoxy) is 4. The van der Waals surface area contributed by atoms with Gasteiger partial charge in [0.1, 0.15) is 6.04 Å². The number of hydrogen-bond acceptors (Lipinski definition) is 9. The largest absolute Gasteiger partial charge is 0.467 e. The lowest BCUT2D eigenvalue weighted by Crippen LogP contribution is -2.70. The Morgan fingerprint density at radius 1 is 1.03 bits per heavy atom. The maximum Gasteiger partial charge on any atom is 0.328 e. The maximum absolute atomic E-state index is 12.8. The predicted molar refractivity (Wildman–Crippen MR) is 119 cm³/mol. The van der Waals surface area contributed by atoms with Gasteiger partial charge in [0.25, 0.3) is 0 Å². The summed E-state index contributed by atoms with van der Waals surface area (Å²) in [5, 5.41) is 0. The first-order valence-corrected chi connectivity index (χ1v) is 13.0. The molecule has 0 N–H and O–H groups in total. The van der Waals surface area contributed by atoms with Gasteiger partial charge in [-0.05, 0) is 50.9 Å². The molecule has 1 aliphatic carbocycles. The van der Waals surface area contributed by atoms with Gasteiger partial charge in [0.2, 0.25) is 18.0 Å². The third kappa shape index (κ3) is 4.16. The molecule has 196 valence electrons. The molecule has 10 heteroatoms. The fraction of sp³-hybridized carbons (Fsp3) is 0.880. The Morgan fingerprint density at radius 2 is 1.83 bits per heavy atom. The molecule has 9 atom stereocenters. The first-order valence-electron chi connectivity index (χ1n) is 13.0. The molecular formula is C25H37NO9. The summed E-state index contributed by atoms with van der Waals surface area (Å²) in [6.07, 6.45) is 3.29. The molecule has 0 unspecified atom stereocenters. The minimum absolute atomic E-state index is 0.0324. The summed E-state index contributed by atoms with van der Waals surface area (Å²) in [5.41, 5.74) is -0.718. The van der Waals surface area contributed by atoms with Crippen molar-refractivity contribution < 1.29 is 43.1 Å². The van der Waals surface area contributed by atoms with Crippen LogP contribution < -0.4 is 0 Å². The van der Waals surface area contributed by atoms with Crippen molar-refractivity contribution in [3.8, 4) is 0 Å². The zero-order valence-electron chi connectivity index (χ0n) is 21.0. The summed E-state index contributed by atoms with van der Waals surface area (Å²) in [4.78, 5) is 50.8. The molecule has 6 fully saturated rings. The van der Waals surface area contributed by atoms with E-state index in [9.17, 15) is 14.4 Å². The number of rotatable bonds is 5. The number of esters is 2. The van der Waals surface area contributed by atoms with Crippen LogP contribution in [0.4, 0.5) is 0 Å². The Bertz CT molecular complexity index is 866. The van der Waals surface area contributed by atoms with Gasteiger partial charge in [-0.2, -0.15) is 0 Å². The Hall–Kier alpha value is -1.75. The van der Waals surface area contributed by atoms with Crippen molar-refractivity contribution in [2.75, 3.05) is 13.7 Å². The van der Waals surface area contributed by atoms with Crippen molar-refractivity contribution in [2.24, 2.45) is 23.7 Å². The van der Waals surface area contributed by atoms with Crippen LogP contribution in [-0.4, -0.2) is 66.4 Å². The van der Waals surface area contributed by atoms with Crippen LogP contribution >= 0.6 is 0 Å². The van der Waals surface area contributed by atoms with Crippen LogP contribution in [-0.2, 0) is 43.1 Å². The Morgan fingerprint density at radius 3 is 2.60 bits per heavy atom. The van der Waals surface area contributed by atoms with E-state index in [4.69, 9.17) is 28.7 Å². The molecule has 1 spiro atoms. The second kappa shape index (κ2) is 9.28. The second-order valence-corrected chi connectivity index (χ2v) is 11.0. The average Bonchev–Trinajstić information content (AvgIpc) is 3.22. The Balaban J connectivity index is 1.24. The molecule has 5 heterocycles. The topological polar surface area (TPSA) is 110 Å². The highest BCUT2D eigenvalue weighted by Crippen LogP contribution is 2.60. The van der Waals surface area contributed by atoms with E-state index >= 15 is 0 Å². The van der Waals surface area contributed by atoms with Gasteiger partial charge in [0, 0.05) is 31.2 Å². The molecule has 10 nitrogen and oxygen atoms in total. The molecule has 0 aromatic carbocycles. The number of fused-ring (bicyclic) bond motifs is 2. The highest BCUT2D eigenvalue weighted by atomic mass is 17.3. The van der Waals surface area contributed by atoms with Gasteiger partial charge in [-0.3, -0.25) is 9.59 Å². The van der Waals surface area contributed by atoms with Gasteiger partial charge < -0.3 is 23.8 Å². The maximum atomic E-state index is 12.8. The van der Waals surface area contributed by atoms with Crippen LogP contribution in [0, 0.1) is 23.7 Å². The van der Waals surface area contributed by atoms with E-state index < -0.39 is 41.9 Å². The van der Waals surface area contributed by atoms with Gasteiger partial charge in [-0.1, -0.05) is 13.8 Å². The molecule has 5 aliphatic heterocycles. The molecule has 1 amide bonds. The number of amides is 1. The van der Waals surface area contributed by atoms with Gasteiger partial charge in [0.15, 0.2) is 11.9 Å². The van der Waals surface area contributed by atoms with Crippen LogP contribution in [0.15, 0.2) is 0 Å². The molecule has 2 bridgehead atoms. The van der Waals surface area contributed by atoms with E-state index in [2.05, 4.69) is 6.92 Å². The normalized spacial score (nSPS) is 44.3. The molecule has 0 aromatic rings. The smallest absolute Gasteiger partial charge is 0.328 e. The van der Waals surface area contributed by atoms with Crippen LogP contribution in [0.1, 0.15) is 72.1 Å². The van der Waals surface area contributed by atoms with Crippen LogP contribution in [0.5, 0.6) is 0 Å². The Kier molecular flexibility index (Phi) is 6.61. The highest BCUT2D eigenvalue weighted by Gasteiger charge is 2.69. The lowest BCUT2D eigenvalue weighted by atomic mass is 9.58. The molecule has 1 saturated carbocycles. The Labute approximate surface area is 205 Å². The summed E-state index contributed by atoms with van der Waals surface area (Å²) >= 11 is 0. The van der Waals surface area contributed by atoms with Crippen molar-refractivity contribution in [1.29, 1.82) is 0 Å².